The molecule has 1 unspecified atom stereocenters. The molecule has 0 amide bonds. The Kier molecular flexibility index (Phi) is 6.64. The van der Waals surface area contributed by atoms with E-state index in [1.165, 1.54) is 18.7 Å². The zero-order valence-corrected chi connectivity index (χ0v) is 15.6. The number of aliphatic imine (C=N–C) groups is 1. The molecule has 1 heterocycles. The molecule has 1 aliphatic rings. The van der Waals surface area contributed by atoms with Crippen LogP contribution in [0.5, 0.6) is 5.75 Å². The molecule has 1 N–H and O–H groups in total. The van der Waals surface area contributed by atoms with Crippen LogP contribution in [0.1, 0.15) is 32.4 Å². The second-order valence-corrected chi connectivity index (χ2v) is 6.36. The van der Waals surface area contributed by atoms with Gasteiger partial charge in [-0.3, -0.25) is 9.59 Å². The van der Waals surface area contributed by atoms with E-state index < -0.39 is 6.04 Å². The minimum atomic E-state index is -0.473. The van der Waals surface area contributed by atoms with Gasteiger partial charge in [0.25, 0.3) is 0 Å². The highest BCUT2D eigenvalue weighted by Gasteiger charge is 2.29. The summed E-state index contributed by atoms with van der Waals surface area (Å²) >= 11 is 1.25. The van der Waals surface area contributed by atoms with E-state index in [1.807, 2.05) is 31.2 Å². The number of benzene rings is 1. The summed E-state index contributed by atoms with van der Waals surface area (Å²) in [6.07, 6.45) is 0. The summed E-state index contributed by atoms with van der Waals surface area (Å²) in [5.41, 5.74) is 2.13. The number of esters is 1. The minimum Gasteiger partial charge on any atom is -0.496 e. The molecule has 1 aromatic rings. The number of hydrogen-bond donors (Lipinski definition) is 1. The molecule has 1 aromatic carbocycles. The number of allylic oxidation sites excluding steroid dienone is 1. The monoisotopic (exact) mass is 362 g/mol. The van der Waals surface area contributed by atoms with E-state index in [0.29, 0.717) is 23.1 Å². The second kappa shape index (κ2) is 8.71. The Hall–Kier alpha value is -2.28. The predicted molar refractivity (Wildman–Crippen MR) is 98.8 cm³/mol. The van der Waals surface area contributed by atoms with Crippen LogP contribution >= 0.6 is 11.8 Å². The van der Waals surface area contributed by atoms with E-state index in [1.54, 1.807) is 14.0 Å². The Morgan fingerprint density at radius 3 is 2.68 bits per heavy atom. The first-order valence-corrected chi connectivity index (χ1v) is 8.94. The molecule has 0 aromatic heterocycles. The molecular weight excluding hydrogens is 340 g/mol. The van der Waals surface area contributed by atoms with E-state index in [4.69, 9.17) is 9.47 Å². The third-order valence-electron chi connectivity index (χ3n) is 3.66. The van der Waals surface area contributed by atoms with Crippen molar-refractivity contribution in [3.05, 3.63) is 41.1 Å². The van der Waals surface area contributed by atoms with Crippen molar-refractivity contribution < 1.29 is 19.1 Å². The highest BCUT2D eigenvalue weighted by Crippen LogP contribution is 2.37. The number of rotatable bonds is 6. The van der Waals surface area contributed by atoms with Gasteiger partial charge in [-0.2, -0.15) is 0 Å². The molecule has 25 heavy (non-hydrogen) atoms. The number of carbonyl (C=O) groups excluding carboxylic acids is 2. The number of nitrogens with zero attached hydrogens (tertiary/aromatic N) is 1. The van der Waals surface area contributed by atoms with E-state index in [9.17, 15) is 9.59 Å². The number of amidine groups is 1. The maximum Gasteiger partial charge on any atom is 0.316 e. The number of thioether (sulfide) groups is 1. The second-order valence-electron chi connectivity index (χ2n) is 5.39. The Labute approximate surface area is 151 Å². The van der Waals surface area contributed by atoms with Crippen LogP contribution < -0.4 is 10.1 Å². The van der Waals surface area contributed by atoms with Crippen LogP contribution in [0, 0.1) is 0 Å². The zero-order chi connectivity index (χ0) is 18.4. The van der Waals surface area contributed by atoms with E-state index >= 15 is 0 Å². The summed E-state index contributed by atoms with van der Waals surface area (Å²) in [5.74, 6) is 0.462. The summed E-state index contributed by atoms with van der Waals surface area (Å²) < 4.78 is 10.4. The minimum absolute atomic E-state index is 0.0564. The van der Waals surface area contributed by atoms with Gasteiger partial charge in [-0.05, 0) is 26.8 Å². The SMILES string of the molecule is CCOC(=O)CSC1=NC(c2ccccc2OC)C(C(C)=O)=C(C)N1. The fraction of sp³-hybridized carbons (Fsp3) is 0.389. The van der Waals surface area contributed by atoms with E-state index in [0.717, 1.165) is 11.3 Å². The smallest absolute Gasteiger partial charge is 0.316 e. The average molecular weight is 362 g/mol. The molecule has 1 aliphatic heterocycles. The van der Waals surface area contributed by atoms with Gasteiger partial charge in [-0.15, -0.1) is 0 Å². The summed E-state index contributed by atoms with van der Waals surface area (Å²) in [6.45, 7) is 5.47. The molecule has 0 saturated heterocycles. The Morgan fingerprint density at radius 1 is 1.32 bits per heavy atom. The third kappa shape index (κ3) is 4.63. The van der Waals surface area contributed by atoms with Crippen LogP contribution in [0.4, 0.5) is 0 Å². The molecule has 0 radical (unpaired) electrons. The number of nitrogens with one attached hydrogen (secondary N) is 1. The molecular formula is C18H22N2O4S. The Morgan fingerprint density at radius 2 is 2.04 bits per heavy atom. The maximum absolute atomic E-state index is 12.2. The van der Waals surface area contributed by atoms with Gasteiger partial charge < -0.3 is 14.8 Å². The van der Waals surface area contributed by atoms with E-state index in [2.05, 4.69) is 10.3 Å². The van der Waals surface area contributed by atoms with Gasteiger partial charge in [0.1, 0.15) is 11.8 Å². The lowest BCUT2D eigenvalue weighted by atomic mass is 9.93. The number of methoxy groups -OCH3 is 1. The number of para-hydroxylation sites is 1. The summed E-state index contributed by atoms with van der Waals surface area (Å²) in [6, 6.07) is 7.01. The third-order valence-corrected chi connectivity index (χ3v) is 4.52. The van der Waals surface area contributed by atoms with Gasteiger partial charge in [-0.25, -0.2) is 4.99 Å². The fourth-order valence-electron chi connectivity index (χ4n) is 2.62. The number of hydrogen-bond acceptors (Lipinski definition) is 7. The first-order chi connectivity index (χ1) is 12.0. The summed E-state index contributed by atoms with van der Waals surface area (Å²) in [4.78, 5) is 28.4. The van der Waals surface area contributed by atoms with Crippen molar-refractivity contribution in [1.82, 2.24) is 5.32 Å². The van der Waals surface area contributed by atoms with Gasteiger partial charge in [0.2, 0.25) is 0 Å². The van der Waals surface area contributed by atoms with Crippen molar-refractivity contribution >= 4 is 28.7 Å². The zero-order valence-electron chi connectivity index (χ0n) is 14.8. The highest BCUT2D eigenvalue weighted by molar-refractivity contribution is 8.14. The van der Waals surface area contributed by atoms with Gasteiger partial charge in [-0.1, -0.05) is 30.0 Å². The molecule has 2 rings (SSSR count). The first kappa shape index (κ1) is 19.1. The molecule has 0 fully saturated rings. The van der Waals surface area contributed by atoms with Crippen LogP contribution in [-0.4, -0.2) is 36.4 Å². The van der Waals surface area contributed by atoms with Gasteiger partial charge in [0.05, 0.1) is 19.5 Å². The molecule has 0 saturated carbocycles. The molecule has 1 atom stereocenters. The van der Waals surface area contributed by atoms with Gasteiger partial charge >= 0.3 is 5.97 Å². The van der Waals surface area contributed by atoms with Crippen LogP contribution in [0.15, 0.2) is 40.5 Å². The standard InChI is InChI=1S/C18H22N2O4S/c1-5-24-15(22)10-25-18-19-11(2)16(12(3)21)17(20-18)13-8-6-7-9-14(13)23-4/h6-9,17H,5,10H2,1-4H3,(H,19,20). The molecule has 0 aliphatic carbocycles. The summed E-state index contributed by atoms with van der Waals surface area (Å²) in [7, 11) is 1.59. The number of ether oxygens (including phenoxy) is 2. The van der Waals surface area contributed by atoms with Crippen molar-refractivity contribution in [2.24, 2.45) is 4.99 Å². The normalized spacial score (nSPS) is 16.8. The topological polar surface area (TPSA) is 77.0 Å². The van der Waals surface area contributed by atoms with Gasteiger partial charge in [0.15, 0.2) is 11.0 Å². The van der Waals surface area contributed by atoms with Crippen LogP contribution in [-0.2, 0) is 14.3 Å². The molecule has 0 bridgehead atoms. The first-order valence-electron chi connectivity index (χ1n) is 7.95. The van der Waals surface area contributed by atoms with Crippen LogP contribution in [0.2, 0.25) is 0 Å². The molecule has 134 valence electrons. The highest BCUT2D eigenvalue weighted by atomic mass is 32.2. The predicted octanol–water partition coefficient (Wildman–Crippen LogP) is 2.85. The average Bonchev–Trinajstić information content (AvgIpc) is 2.59. The Balaban J connectivity index is 2.34. The van der Waals surface area contributed by atoms with Crippen LogP contribution in [0.3, 0.4) is 0 Å². The number of carbonyl (C=O) groups is 2. The quantitative estimate of drug-likeness (QED) is 0.784. The Bertz CT molecular complexity index is 728. The molecule has 7 heteroatoms. The van der Waals surface area contributed by atoms with Crippen molar-refractivity contribution in [3.8, 4) is 5.75 Å². The largest absolute Gasteiger partial charge is 0.496 e. The lowest BCUT2D eigenvalue weighted by Gasteiger charge is -2.26. The van der Waals surface area contributed by atoms with Gasteiger partial charge in [0, 0.05) is 16.8 Å². The lowest BCUT2D eigenvalue weighted by Crippen LogP contribution is -2.30. The molecule has 6 nitrogen and oxygen atoms in total. The van der Waals surface area contributed by atoms with Crippen molar-refractivity contribution in [1.29, 1.82) is 0 Å². The van der Waals surface area contributed by atoms with Crippen molar-refractivity contribution in [2.45, 2.75) is 26.8 Å². The maximum atomic E-state index is 12.2. The molecule has 0 spiro atoms. The summed E-state index contributed by atoms with van der Waals surface area (Å²) in [5, 5.41) is 3.68. The van der Waals surface area contributed by atoms with Crippen LogP contribution in [0.25, 0.3) is 0 Å². The van der Waals surface area contributed by atoms with Crippen molar-refractivity contribution in [2.75, 3.05) is 19.5 Å². The van der Waals surface area contributed by atoms with E-state index in [-0.39, 0.29) is 17.5 Å². The number of ketones is 1. The van der Waals surface area contributed by atoms with Crippen molar-refractivity contribution in [3.63, 3.8) is 0 Å². The lowest BCUT2D eigenvalue weighted by molar-refractivity contribution is -0.139. The number of Topliss-reactive ketones (excluding diaryl/α,β-unsaturated/α-hetero) is 1. The fourth-order valence-corrected chi connectivity index (χ4v) is 3.37.